The first-order valence-corrected chi connectivity index (χ1v) is 6.51. The maximum atomic E-state index is 6.03. The summed E-state index contributed by atoms with van der Waals surface area (Å²) in [4.78, 5) is 12.2. The van der Waals surface area contributed by atoms with Crippen molar-refractivity contribution in [2.24, 2.45) is 0 Å². The molecular formula is C14H19N5O. The first kappa shape index (κ1) is 14.0. The van der Waals surface area contributed by atoms with Crippen LogP contribution < -0.4 is 15.8 Å². The van der Waals surface area contributed by atoms with Crippen molar-refractivity contribution >= 4 is 11.5 Å². The van der Waals surface area contributed by atoms with Crippen LogP contribution >= 0.6 is 0 Å². The number of hydrogen-bond acceptors (Lipinski definition) is 6. The Labute approximate surface area is 118 Å². The van der Waals surface area contributed by atoms with Gasteiger partial charge in [0.1, 0.15) is 12.0 Å². The molecule has 3 N–H and O–H groups in total. The minimum Gasteiger partial charge on any atom is -0.473 e. The second kappa shape index (κ2) is 6.18. The average Bonchev–Trinajstić information content (AvgIpc) is 2.43. The highest BCUT2D eigenvalue weighted by molar-refractivity contribution is 5.66. The third-order valence-corrected chi connectivity index (χ3v) is 2.75. The number of anilines is 2. The Morgan fingerprint density at radius 1 is 1.15 bits per heavy atom. The zero-order chi connectivity index (χ0) is 14.5. The SMILES string of the molecule is CC(C)Oc1ncnc(NC(C)c2ccncc2)c1N. The van der Waals surface area contributed by atoms with Crippen molar-refractivity contribution in [2.75, 3.05) is 11.1 Å². The van der Waals surface area contributed by atoms with E-state index in [-0.39, 0.29) is 12.1 Å². The fourth-order valence-corrected chi connectivity index (χ4v) is 1.75. The van der Waals surface area contributed by atoms with Gasteiger partial charge in [0, 0.05) is 12.4 Å². The summed E-state index contributed by atoms with van der Waals surface area (Å²) in [5.74, 6) is 0.972. The van der Waals surface area contributed by atoms with E-state index in [0.717, 1.165) is 5.56 Å². The predicted octanol–water partition coefficient (Wildman–Crippen LogP) is 2.41. The first-order chi connectivity index (χ1) is 9.58. The second-order valence-electron chi connectivity index (χ2n) is 4.75. The summed E-state index contributed by atoms with van der Waals surface area (Å²) in [6.07, 6.45) is 4.96. The minimum absolute atomic E-state index is 0.0117. The standard InChI is InChI=1S/C14H19N5O/c1-9(2)20-14-12(15)13(17-8-18-14)19-10(3)11-4-6-16-7-5-11/h4-10H,15H2,1-3H3,(H,17,18,19). The molecule has 0 radical (unpaired) electrons. The molecule has 20 heavy (non-hydrogen) atoms. The Kier molecular flexibility index (Phi) is 4.34. The maximum absolute atomic E-state index is 6.03. The van der Waals surface area contributed by atoms with Crippen LogP contribution in [0.4, 0.5) is 11.5 Å². The van der Waals surface area contributed by atoms with E-state index in [1.165, 1.54) is 6.33 Å². The Bertz CT molecular complexity index is 559. The van der Waals surface area contributed by atoms with Crippen LogP contribution in [0.1, 0.15) is 32.4 Å². The molecule has 2 aromatic heterocycles. The van der Waals surface area contributed by atoms with Gasteiger partial charge in [0.2, 0.25) is 5.88 Å². The Hall–Kier alpha value is -2.37. The summed E-state index contributed by atoms with van der Waals surface area (Å²) in [6.45, 7) is 5.88. The van der Waals surface area contributed by atoms with Crippen molar-refractivity contribution < 1.29 is 4.74 Å². The van der Waals surface area contributed by atoms with E-state index in [4.69, 9.17) is 10.5 Å². The van der Waals surface area contributed by atoms with Gasteiger partial charge in [-0.3, -0.25) is 4.98 Å². The second-order valence-corrected chi connectivity index (χ2v) is 4.75. The van der Waals surface area contributed by atoms with Crippen LogP contribution in [0, 0.1) is 0 Å². The molecule has 2 heterocycles. The summed E-state index contributed by atoms with van der Waals surface area (Å²) < 4.78 is 5.55. The van der Waals surface area contributed by atoms with Crippen molar-refractivity contribution in [3.63, 3.8) is 0 Å². The lowest BCUT2D eigenvalue weighted by atomic mass is 10.1. The lowest BCUT2D eigenvalue weighted by Crippen LogP contribution is -2.13. The van der Waals surface area contributed by atoms with Gasteiger partial charge < -0.3 is 15.8 Å². The van der Waals surface area contributed by atoms with Gasteiger partial charge in [0.25, 0.3) is 0 Å². The molecule has 6 nitrogen and oxygen atoms in total. The number of nitrogens with zero attached hydrogens (tertiary/aromatic N) is 3. The van der Waals surface area contributed by atoms with Crippen LogP contribution in [0.3, 0.4) is 0 Å². The van der Waals surface area contributed by atoms with Gasteiger partial charge in [-0.15, -0.1) is 0 Å². The monoisotopic (exact) mass is 273 g/mol. The molecule has 6 heteroatoms. The molecule has 0 aliphatic carbocycles. The zero-order valence-corrected chi connectivity index (χ0v) is 11.9. The topological polar surface area (TPSA) is 86.0 Å². The van der Waals surface area contributed by atoms with Gasteiger partial charge in [0.15, 0.2) is 5.82 Å². The van der Waals surface area contributed by atoms with Gasteiger partial charge >= 0.3 is 0 Å². The van der Waals surface area contributed by atoms with Crippen molar-refractivity contribution in [3.8, 4) is 5.88 Å². The molecule has 0 aromatic carbocycles. The lowest BCUT2D eigenvalue weighted by molar-refractivity contribution is 0.234. The molecule has 2 aromatic rings. The number of pyridine rings is 1. The number of aromatic nitrogens is 3. The molecular weight excluding hydrogens is 254 g/mol. The van der Waals surface area contributed by atoms with Gasteiger partial charge in [0.05, 0.1) is 12.1 Å². The van der Waals surface area contributed by atoms with Crippen molar-refractivity contribution in [2.45, 2.75) is 32.9 Å². The summed E-state index contributed by atoms with van der Waals surface area (Å²) >= 11 is 0. The van der Waals surface area contributed by atoms with Crippen molar-refractivity contribution in [1.29, 1.82) is 0 Å². The molecule has 0 bridgehead atoms. The smallest absolute Gasteiger partial charge is 0.242 e. The normalized spacial score (nSPS) is 12.2. The Morgan fingerprint density at radius 2 is 1.85 bits per heavy atom. The summed E-state index contributed by atoms with van der Waals surface area (Å²) in [5, 5.41) is 3.26. The van der Waals surface area contributed by atoms with Crippen LogP contribution in [0.2, 0.25) is 0 Å². The number of rotatable bonds is 5. The van der Waals surface area contributed by atoms with E-state index in [9.17, 15) is 0 Å². The highest BCUT2D eigenvalue weighted by Crippen LogP contribution is 2.28. The van der Waals surface area contributed by atoms with Crippen molar-refractivity contribution in [3.05, 3.63) is 36.4 Å². The largest absolute Gasteiger partial charge is 0.473 e. The predicted molar refractivity (Wildman–Crippen MR) is 78.5 cm³/mol. The summed E-state index contributed by atoms with van der Waals surface area (Å²) in [5.41, 5.74) is 7.55. The van der Waals surface area contributed by atoms with Crippen LogP contribution in [-0.2, 0) is 0 Å². The summed E-state index contributed by atoms with van der Waals surface area (Å²) in [6, 6.07) is 3.95. The maximum Gasteiger partial charge on any atom is 0.242 e. The van der Waals surface area contributed by atoms with Gasteiger partial charge in [-0.2, -0.15) is 4.98 Å². The van der Waals surface area contributed by atoms with Crippen molar-refractivity contribution in [1.82, 2.24) is 15.0 Å². The van der Waals surface area contributed by atoms with Gasteiger partial charge in [-0.1, -0.05) is 0 Å². The molecule has 0 spiro atoms. The molecule has 2 rings (SSSR count). The van der Waals surface area contributed by atoms with E-state index in [0.29, 0.717) is 17.4 Å². The number of nitrogens with one attached hydrogen (secondary N) is 1. The van der Waals surface area contributed by atoms with Crippen LogP contribution in [-0.4, -0.2) is 21.1 Å². The average molecular weight is 273 g/mol. The van der Waals surface area contributed by atoms with Gasteiger partial charge in [-0.25, -0.2) is 4.98 Å². The molecule has 1 atom stereocenters. The lowest BCUT2D eigenvalue weighted by Gasteiger charge is -2.17. The first-order valence-electron chi connectivity index (χ1n) is 6.51. The molecule has 0 saturated carbocycles. The third-order valence-electron chi connectivity index (χ3n) is 2.75. The number of nitrogens with two attached hydrogens (primary N) is 1. The third kappa shape index (κ3) is 3.34. The molecule has 0 amide bonds. The molecule has 0 aliphatic heterocycles. The zero-order valence-electron chi connectivity index (χ0n) is 11.9. The van der Waals surface area contributed by atoms with Crippen LogP contribution in [0.15, 0.2) is 30.9 Å². The fourth-order valence-electron chi connectivity index (χ4n) is 1.75. The van der Waals surface area contributed by atoms with E-state index in [1.807, 2.05) is 32.9 Å². The fraction of sp³-hybridized carbons (Fsp3) is 0.357. The van der Waals surface area contributed by atoms with E-state index < -0.39 is 0 Å². The molecule has 0 fully saturated rings. The van der Waals surface area contributed by atoms with Crippen LogP contribution in [0.25, 0.3) is 0 Å². The van der Waals surface area contributed by atoms with E-state index >= 15 is 0 Å². The highest BCUT2D eigenvalue weighted by atomic mass is 16.5. The number of ether oxygens (including phenoxy) is 1. The number of nitrogen functional groups attached to an aromatic ring is 1. The van der Waals surface area contributed by atoms with Crippen LogP contribution in [0.5, 0.6) is 5.88 Å². The summed E-state index contributed by atoms with van der Waals surface area (Å²) in [7, 11) is 0. The molecule has 1 unspecified atom stereocenters. The number of hydrogen-bond donors (Lipinski definition) is 2. The molecule has 0 saturated heterocycles. The van der Waals surface area contributed by atoms with E-state index in [2.05, 4.69) is 20.3 Å². The molecule has 106 valence electrons. The Balaban J connectivity index is 2.17. The highest BCUT2D eigenvalue weighted by Gasteiger charge is 2.13. The quantitative estimate of drug-likeness (QED) is 0.870. The molecule has 0 aliphatic rings. The van der Waals surface area contributed by atoms with Gasteiger partial charge in [-0.05, 0) is 38.5 Å². The van der Waals surface area contributed by atoms with E-state index in [1.54, 1.807) is 12.4 Å². The minimum atomic E-state index is 0.0117. The Morgan fingerprint density at radius 3 is 2.50 bits per heavy atom.